The molecule has 0 spiro atoms. The first-order valence-electron chi connectivity index (χ1n) is 8.19. The fourth-order valence-corrected chi connectivity index (χ4v) is 6.74. The van der Waals surface area contributed by atoms with E-state index in [0.29, 0.717) is 12.5 Å². The molecule has 2 aliphatic rings. The average Bonchev–Trinajstić information content (AvgIpc) is 3.12. The van der Waals surface area contributed by atoms with E-state index in [0.717, 1.165) is 18.7 Å². The molecule has 1 unspecified atom stereocenters. The van der Waals surface area contributed by atoms with Crippen LogP contribution < -0.4 is 5.32 Å². The highest BCUT2D eigenvalue weighted by molar-refractivity contribution is 8.02. The number of carbonyl (C=O) groups excluding carboxylic acids is 1. The summed E-state index contributed by atoms with van der Waals surface area (Å²) in [6, 6.07) is 2.21. The highest BCUT2D eigenvalue weighted by Crippen LogP contribution is 2.30. The van der Waals surface area contributed by atoms with Crippen LogP contribution in [0.2, 0.25) is 0 Å². The van der Waals surface area contributed by atoms with Gasteiger partial charge in [-0.05, 0) is 19.3 Å². The van der Waals surface area contributed by atoms with Crippen LogP contribution in [0.15, 0.2) is 12.3 Å². The van der Waals surface area contributed by atoms with Crippen molar-refractivity contribution >= 4 is 33.3 Å². The Bertz CT molecular complexity index is 651. The Kier molecular flexibility index (Phi) is 5.31. The Morgan fingerprint density at radius 3 is 2.78 bits per heavy atom. The first-order valence-corrected chi connectivity index (χ1v) is 11.1. The lowest BCUT2D eigenvalue weighted by Crippen LogP contribution is -2.22. The second-order valence-electron chi connectivity index (χ2n) is 6.34. The van der Waals surface area contributed by atoms with E-state index in [-0.39, 0.29) is 28.4 Å². The highest BCUT2D eigenvalue weighted by Gasteiger charge is 2.28. The van der Waals surface area contributed by atoms with E-state index in [9.17, 15) is 13.2 Å². The van der Waals surface area contributed by atoms with Gasteiger partial charge in [-0.3, -0.25) is 4.79 Å². The molecule has 0 radical (unpaired) electrons. The molecule has 2 heterocycles. The van der Waals surface area contributed by atoms with Gasteiger partial charge in [-0.1, -0.05) is 19.3 Å². The summed E-state index contributed by atoms with van der Waals surface area (Å²) in [5.74, 6) is 1.40. The molecule has 0 aromatic carbocycles. The van der Waals surface area contributed by atoms with Gasteiger partial charge < -0.3 is 5.32 Å². The number of sulfone groups is 1. The van der Waals surface area contributed by atoms with E-state index in [1.165, 1.54) is 31.0 Å². The van der Waals surface area contributed by atoms with Gasteiger partial charge in [0.2, 0.25) is 5.91 Å². The van der Waals surface area contributed by atoms with Crippen molar-refractivity contribution in [2.75, 3.05) is 22.6 Å². The zero-order valence-electron chi connectivity index (χ0n) is 13.1. The van der Waals surface area contributed by atoms with Crippen molar-refractivity contribution in [1.29, 1.82) is 0 Å². The summed E-state index contributed by atoms with van der Waals surface area (Å²) < 4.78 is 24.8. The number of amides is 1. The van der Waals surface area contributed by atoms with E-state index in [1.54, 1.807) is 6.20 Å². The van der Waals surface area contributed by atoms with Crippen molar-refractivity contribution in [2.45, 2.75) is 49.8 Å². The molecule has 0 bridgehead atoms. The average molecular weight is 358 g/mol. The minimum absolute atomic E-state index is 0.0500. The predicted octanol–water partition coefficient (Wildman–Crippen LogP) is 2.25. The lowest BCUT2D eigenvalue weighted by Gasteiger charge is -2.23. The second kappa shape index (κ2) is 7.25. The molecular formula is C15H23N3O3S2. The molecule has 23 heavy (non-hydrogen) atoms. The van der Waals surface area contributed by atoms with Crippen LogP contribution in [-0.4, -0.2) is 46.6 Å². The lowest BCUT2D eigenvalue weighted by molar-refractivity contribution is -0.113. The SMILES string of the molecule is O=C(CSC1CCS(=O)(=O)C1)Nc1ccnn1C1CCCCC1. The molecule has 1 amide bonds. The molecule has 6 nitrogen and oxygen atoms in total. The van der Waals surface area contributed by atoms with E-state index in [4.69, 9.17) is 0 Å². The van der Waals surface area contributed by atoms with Gasteiger partial charge in [0.1, 0.15) is 5.82 Å². The third kappa shape index (κ3) is 4.50. The van der Waals surface area contributed by atoms with Gasteiger partial charge in [0.05, 0.1) is 29.5 Å². The van der Waals surface area contributed by atoms with Gasteiger partial charge in [0.25, 0.3) is 0 Å². The monoisotopic (exact) mass is 357 g/mol. The van der Waals surface area contributed by atoms with Crippen molar-refractivity contribution in [3.8, 4) is 0 Å². The molecule has 1 N–H and O–H groups in total. The number of nitrogens with zero attached hydrogens (tertiary/aromatic N) is 2. The fourth-order valence-electron chi connectivity index (χ4n) is 3.29. The normalized spacial score (nSPS) is 24.6. The van der Waals surface area contributed by atoms with Crippen LogP contribution in [0.1, 0.15) is 44.6 Å². The van der Waals surface area contributed by atoms with Crippen LogP contribution in [0.5, 0.6) is 0 Å². The molecule has 128 valence electrons. The summed E-state index contributed by atoms with van der Waals surface area (Å²) >= 11 is 1.44. The van der Waals surface area contributed by atoms with E-state index < -0.39 is 9.84 Å². The molecule has 1 aromatic rings. The molecule has 1 atom stereocenters. The van der Waals surface area contributed by atoms with Gasteiger partial charge in [0.15, 0.2) is 9.84 Å². The number of carbonyl (C=O) groups is 1. The Hall–Kier alpha value is -1.02. The summed E-state index contributed by atoms with van der Waals surface area (Å²) in [6.45, 7) is 0. The molecule has 1 aromatic heterocycles. The molecular weight excluding hydrogens is 334 g/mol. The van der Waals surface area contributed by atoms with Crippen molar-refractivity contribution in [1.82, 2.24) is 9.78 Å². The lowest BCUT2D eigenvalue weighted by atomic mass is 9.96. The van der Waals surface area contributed by atoms with Gasteiger partial charge in [-0.15, -0.1) is 11.8 Å². The number of anilines is 1. The smallest absolute Gasteiger partial charge is 0.235 e. The number of hydrogen-bond acceptors (Lipinski definition) is 5. The third-order valence-electron chi connectivity index (χ3n) is 4.50. The number of rotatable bonds is 5. The fraction of sp³-hybridized carbons (Fsp3) is 0.733. The summed E-state index contributed by atoms with van der Waals surface area (Å²) in [5.41, 5.74) is 0. The second-order valence-corrected chi connectivity index (χ2v) is 9.85. The first kappa shape index (κ1) is 16.8. The van der Waals surface area contributed by atoms with Gasteiger partial charge in [0, 0.05) is 11.3 Å². The molecule has 1 saturated heterocycles. The third-order valence-corrected chi connectivity index (χ3v) is 7.78. The predicted molar refractivity (Wildman–Crippen MR) is 92.5 cm³/mol. The Labute approximate surface area is 141 Å². The Morgan fingerprint density at radius 1 is 1.30 bits per heavy atom. The van der Waals surface area contributed by atoms with Crippen molar-refractivity contribution < 1.29 is 13.2 Å². The maximum Gasteiger partial charge on any atom is 0.235 e. The topological polar surface area (TPSA) is 81.1 Å². The van der Waals surface area contributed by atoms with Gasteiger partial charge in [-0.25, -0.2) is 13.1 Å². The zero-order chi connectivity index (χ0) is 16.3. The summed E-state index contributed by atoms with van der Waals surface area (Å²) in [5, 5.41) is 7.34. The number of nitrogens with one attached hydrogen (secondary N) is 1. The van der Waals surface area contributed by atoms with Crippen LogP contribution in [0.3, 0.4) is 0 Å². The minimum Gasteiger partial charge on any atom is -0.310 e. The minimum atomic E-state index is -2.88. The van der Waals surface area contributed by atoms with Crippen molar-refractivity contribution in [3.05, 3.63) is 12.3 Å². The summed E-state index contributed by atoms with van der Waals surface area (Å²) in [4.78, 5) is 12.1. The molecule has 3 rings (SSSR count). The molecule has 1 saturated carbocycles. The van der Waals surface area contributed by atoms with Crippen LogP contribution in [0.25, 0.3) is 0 Å². The summed E-state index contributed by atoms with van der Waals surface area (Å²) in [7, 11) is -2.88. The van der Waals surface area contributed by atoms with Crippen LogP contribution in [0.4, 0.5) is 5.82 Å². The Morgan fingerprint density at radius 2 is 2.09 bits per heavy atom. The quantitative estimate of drug-likeness (QED) is 0.874. The zero-order valence-corrected chi connectivity index (χ0v) is 14.7. The van der Waals surface area contributed by atoms with Crippen molar-refractivity contribution in [2.24, 2.45) is 0 Å². The van der Waals surface area contributed by atoms with Gasteiger partial charge in [-0.2, -0.15) is 5.10 Å². The van der Waals surface area contributed by atoms with Crippen LogP contribution >= 0.6 is 11.8 Å². The maximum atomic E-state index is 12.1. The van der Waals surface area contributed by atoms with Crippen LogP contribution in [-0.2, 0) is 14.6 Å². The summed E-state index contributed by atoms with van der Waals surface area (Å²) in [6.07, 6.45) is 8.30. The van der Waals surface area contributed by atoms with E-state index in [1.807, 2.05) is 10.7 Å². The number of hydrogen-bond donors (Lipinski definition) is 1. The largest absolute Gasteiger partial charge is 0.310 e. The first-order chi connectivity index (χ1) is 11.0. The standard InChI is InChI=1S/C15H23N3O3S2/c19-15(10-22-13-7-9-23(20,21)11-13)17-14-6-8-16-18(14)12-4-2-1-3-5-12/h6,8,12-13H,1-5,7,9-11H2,(H,17,19). The highest BCUT2D eigenvalue weighted by atomic mass is 32.2. The molecule has 8 heteroatoms. The number of aromatic nitrogens is 2. The maximum absolute atomic E-state index is 12.1. The van der Waals surface area contributed by atoms with Crippen molar-refractivity contribution in [3.63, 3.8) is 0 Å². The molecule has 1 aliphatic heterocycles. The Balaban J connectivity index is 1.51. The molecule has 2 fully saturated rings. The van der Waals surface area contributed by atoms with E-state index in [2.05, 4.69) is 10.4 Å². The van der Waals surface area contributed by atoms with Crippen LogP contribution in [0, 0.1) is 0 Å². The number of thioether (sulfide) groups is 1. The van der Waals surface area contributed by atoms with Gasteiger partial charge >= 0.3 is 0 Å². The van der Waals surface area contributed by atoms with E-state index >= 15 is 0 Å². The molecule has 1 aliphatic carbocycles.